The number of nitrogens with zero attached hydrogens (tertiary/aromatic N) is 4. The van der Waals surface area contributed by atoms with E-state index in [0.717, 1.165) is 10.6 Å². The van der Waals surface area contributed by atoms with Crippen molar-refractivity contribution in [3.63, 3.8) is 0 Å². The summed E-state index contributed by atoms with van der Waals surface area (Å²) in [4.78, 5) is 32.4. The van der Waals surface area contributed by atoms with Crippen molar-refractivity contribution < 1.29 is 19.1 Å². The number of methoxy groups -OCH3 is 2. The number of hydrogen-bond acceptors (Lipinski definition) is 6. The second-order valence-electron chi connectivity index (χ2n) is 7.06. The number of aryl methyl sites for hydroxylation is 1. The summed E-state index contributed by atoms with van der Waals surface area (Å²) in [6.07, 6.45) is 1.44. The summed E-state index contributed by atoms with van der Waals surface area (Å²) < 4.78 is 12.3. The third kappa shape index (κ3) is 2.68. The Labute approximate surface area is 177 Å². The Balaban J connectivity index is 1.72. The minimum absolute atomic E-state index is 0.234. The number of benzene rings is 2. The molecule has 2 aromatic heterocycles. The first-order valence-electron chi connectivity index (χ1n) is 9.59. The van der Waals surface area contributed by atoms with Gasteiger partial charge >= 0.3 is 0 Å². The molecule has 0 saturated heterocycles. The van der Waals surface area contributed by atoms with Gasteiger partial charge in [0, 0.05) is 12.3 Å². The maximum Gasteiger partial charge on any atom is 0.267 e. The van der Waals surface area contributed by atoms with Gasteiger partial charge in [-0.2, -0.15) is 5.10 Å². The zero-order valence-corrected chi connectivity index (χ0v) is 17.1. The van der Waals surface area contributed by atoms with Crippen LogP contribution in [0.4, 0.5) is 5.69 Å². The van der Waals surface area contributed by atoms with Crippen LogP contribution in [0.1, 0.15) is 26.4 Å². The van der Waals surface area contributed by atoms with Gasteiger partial charge in [-0.25, -0.2) is 14.6 Å². The van der Waals surface area contributed by atoms with Crippen LogP contribution in [0.3, 0.4) is 0 Å². The van der Waals surface area contributed by atoms with Gasteiger partial charge in [0.05, 0.1) is 47.8 Å². The monoisotopic (exact) mass is 414 g/mol. The minimum Gasteiger partial charge on any atom is -0.497 e. The number of ether oxygens (including phenoxy) is 2. The average molecular weight is 414 g/mol. The molecule has 154 valence electrons. The molecule has 0 radical (unpaired) electrons. The number of imide groups is 1. The predicted molar refractivity (Wildman–Crippen MR) is 114 cm³/mol. The fraction of sp³-hybridized carbons (Fsp3) is 0.130. The number of anilines is 1. The van der Waals surface area contributed by atoms with E-state index in [4.69, 9.17) is 9.47 Å². The van der Waals surface area contributed by atoms with Crippen molar-refractivity contribution in [2.75, 3.05) is 19.1 Å². The summed E-state index contributed by atoms with van der Waals surface area (Å²) in [5, 5.41) is 5.14. The maximum absolute atomic E-state index is 13.5. The fourth-order valence-electron chi connectivity index (χ4n) is 3.90. The van der Waals surface area contributed by atoms with E-state index in [-0.39, 0.29) is 5.56 Å². The molecule has 0 fully saturated rings. The smallest absolute Gasteiger partial charge is 0.267 e. The molecular weight excluding hydrogens is 396 g/mol. The molecule has 0 N–H and O–H groups in total. The van der Waals surface area contributed by atoms with Crippen LogP contribution < -0.4 is 14.4 Å². The molecule has 0 spiro atoms. The number of pyridine rings is 1. The SMILES string of the molecule is COc1ccc(OC)c(N2C(=O)c3cnc4c(c(C)nn4-c4ccccc4)c3C2=O)c1. The molecule has 4 aromatic rings. The molecule has 2 aromatic carbocycles. The first kappa shape index (κ1) is 18.8. The van der Waals surface area contributed by atoms with Gasteiger partial charge in [-0.05, 0) is 31.2 Å². The van der Waals surface area contributed by atoms with Gasteiger partial charge < -0.3 is 9.47 Å². The number of hydrogen-bond donors (Lipinski definition) is 0. The third-order valence-electron chi connectivity index (χ3n) is 5.35. The van der Waals surface area contributed by atoms with E-state index in [0.29, 0.717) is 39.5 Å². The first-order valence-corrected chi connectivity index (χ1v) is 9.59. The first-order chi connectivity index (χ1) is 15.0. The van der Waals surface area contributed by atoms with Gasteiger partial charge in [-0.1, -0.05) is 18.2 Å². The summed E-state index contributed by atoms with van der Waals surface area (Å²) >= 11 is 0. The molecule has 3 heterocycles. The molecule has 0 saturated carbocycles. The van der Waals surface area contributed by atoms with Crippen LogP contribution in [0.5, 0.6) is 11.5 Å². The Bertz CT molecular complexity index is 1360. The maximum atomic E-state index is 13.5. The zero-order valence-electron chi connectivity index (χ0n) is 17.1. The van der Waals surface area contributed by atoms with Gasteiger partial charge in [-0.3, -0.25) is 9.59 Å². The Morgan fingerprint density at radius 3 is 2.42 bits per heavy atom. The number of fused-ring (bicyclic) bond motifs is 3. The van der Waals surface area contributed by atoms with Crippen molar-refractivity contribution in [2.45, 2.75) is 6.92 Å². The highest BCUT2D eigenvalue weighted by molar-refractivity contribution is 6.37. The van der Waals surface area contributed by atoms with E-state index in [1.807, 2.05) is 30.3 Å². The Morgan fingerprint density at radius 2 is 1.71 bits per heavy atom. The average Bonchev–Trinajstić information content (AvgIpc) is 3.27. The lowest BCUT2D eigenvalue weighted by Gasteiger charge is -2.18. The van der Waals surface area contributed by atoms with E-state index in [9.17, 15) is 9.59 Å². The summed E-state index contributed by atoms with van der Waals surface area (Å²) in [5.41, 5.74) is 2.79. The lowest BCUT2D eigenvalue weighted by Crippen LogP contribution is -2.29. The molecule has 1 aliphatic heterocycles. The summed E-state index contributed by atoms with van der Waals surface area (Å²) in [6.45, 7) is 1.80. The van der Waals surface area contributed by atoms with Crippen molar-refractivity contribution in [2.24, 2.45) is 0 Å². The van der Waals surface area contributed by atoms with E-state index >= 15 is 0 Å². The van der Waals surface area contributed by atoms with Gasteiger partial charge in [0.1, 0.15) is 11.5 Å². The van der Waals surface area contributed by atoms with Gasteiger partial charge in [0.25, 0.3) is 11.8 Å². The number of aromatic nitrogens is 3. The van der Waals surface area contributed by atoms with Crippen LogP contribution >= 0.6 is 0 Å². The second-order valence-corrected chi connectivity index (χ2v) is 7.06. The zero-order chi connectivity index (χ0) is 21.7. The number of carbonyl (C=O) groups excluding carboxylic acids is 2. The standard InChI is InChI=1S/C23H18N4O4/c1-13-19-20-16(12-24-21(19)27(25-13)14-7-5-4-6-8-14)22(28)26(23(20)29)17-11-15(30-2)9-10-18(17)31-3/h4-12H,1-3H3. The highest BCUT2D eigenvalue weighted by atomic mass is 16.5. The van der Waals surface area contributed by atoms with Gasteiger partial charge in [0.15, 0.2) is 5.65 Å². The predicted octanol–water partition coefficient (Wildman–Crippen LogP) is 3.55. The van der Waals surface area contributed by atoms with E-state index in [1.54, 1.807) is 29.8 Å². The normalized spacial score (nSPS) is 13.1. The van der Waals surface area contributed by atoms with Crippen molar-refractivity contribution >= 4 is 28.5 Å². The Kier molecular flexibility index (Phi) is 4.21. The number of para-hydroxylation sites is 1. The van der Waals surface area contributed by atoms with Gasteiger partial charge in [-0.15, -0.1) is 0 Å². The molecule has 1 aliphatic rings. The van der Waals surface area contributed by atoms with Crippen LogP contribution in [0.2, 0.25) is 0 Å². The molecule has 0 bridgehead atoms. The van der Waals surface area contributed by atoms with Crippen molar-refractivity contribution in [3.05, 3.63) is 71.5 Å². The fourth-order valence-corrected chi connectivity index (χ4v) is 3.90. The lowest BCUT2D eigenvalue weighted by molar-refractivity contribution is 0.0925. The quantitative estimate of drug-likeness (QED) is 0.475. The Hall–Kier alpha value is -4.20. The molecule has 0 aliphatic carbocycles. The third-order valence-corrected chi connectivity index (χ3v) is 5.35. The largest absolute Gasteiger partial charge is 0.497 e. The molecule has 8 heteroatoms. The van der Waals surface area contributed by atoms with Crippen LogP contribution in [0.25, 0.3) is 16.7 Å². The van der Waals surface area contributed by atoms with Crippen molar-refractivity contribution in [3.8, 4) is 17.2 Å². The van der Waals surface area contributed by atoms with Gasteiger partial charge in [0.2, 0.25) is 0 Å². The van der Waals surface area contributed by atoms with Crippen LogP contribution in [-0.4, -0.2) is 40.8 Å². The van der Waals surface area contributed by atoms with Crippen molar-refractivity contribution in [1.82, 2.24) is 14.8 Å². The Morgan fingerprint density at radius 1 is 0.935 bits per heavy atom. The molecule has 5 rings (SSSR count). The molecular formula is C23H18N4O4. The topological polar surface area (TPSA) is 86.6 Å². The number of amides is 2. The minimum atomic E-state index is -0.465. The van der Waals surface area contributed by atoms with Crippen molar-refractivity contribution in [1.29, 1.82) is 0 Å². The molecule has 8 nitrogen and oxygen atoms in total. The van der Waals surface area contributed by atoms with E-state index in [2.05, 4.69) is 10.1 Å². The molecule has 2 amide bonds. The van der Waals surface area contributed by atoms with Crippen LogP contribution in [-0.2, 0) is 0 Å². The second kappa shape index (κ2) is 6.94. The summed E-state index contributed by atoms with van der Waals surface area (Å²) in [6, 6.07) is 14.5. The van der Waals surface area contributed by atoms with Crippen LogP contribution in [0.15, 0.2) is 54.7 Å². The molecule has 31 heavy (non-hydrogen) atoms. The van der Waals surface area contributed by atoms with E-state index in [1.165, 1.54) is 20.4 Å². The highest BCUT2D eigenvalue weighted by Crippen LogP contribution is 2.39. The molecule has 0 unspecified atom stereocenters. The highest BCUT2D eigenvalue weighted by Gasteiger charge is 2.41. The summed E-state index contributed by atoms with van der Waals surface area (Å²) in [5.74, 6) is -0.0256. The molecule has 0 atom stereocenters. The van der Waals surface area contributed by atoms with E-state index < -0.39 is 11.8 Å². The van der Waals surface area contributed by atoms with Crippen LogP contribution in [0, 0.1) is 6.92 Å². The number of rotatable bonds is 4. The lowest BCUT2D eigenvalue weighted by atomic mass is 10.1. The number of carbonyl (C=O) groups is 2. The summed E-state index contributed by atoms with van der Waals surface area (Å²) in [7, 11) is 3.00.